The van der Waals surface area contributed by atoms with Crippen molar-refractivity contribution in [2.24, 2.45) is 0 Å². The van der Waals surface area contributed by atoms with Crippen LogP contribution in [0.4, 0.5) is 0 Å². The fourth-order valence-corrected chi connectivity index (χ4v) is 2.22. The molecule has 2 N–H and O–H groups in total. The first-order valence-corrected chi connectivity index (χ1v) is 7.19. The lowest BCUT2D eigenvalue weighted by atomic mass is 10.0. The molecule has 3 nitrogen and oxygen atoms in total. The first-order valence-electron chi connectivity index (χ1n) is 7.19. The van der Waals surface area contributed by atoms with Gasteiger partial charge in [-0.2, -0.15) is 0 Å². The molecule has 0 aromatic heterocycles. The van der Waals surface area contributed by atoms with Crippen LogP contribution in [0.2, 0.25) is 0 Å². The summed E-state index contributed by atoms with van der Waals surface area (Å²) in [6, 6.07) is 9.16. The van der Waals surface area contributed by atoms with Crippen LogP contribution in [0, 0.1) is 0 Å². The minimum Gasteiger partial charge on any atom is -0.497 e. The molecule has 0 saturated carbocycles. The Kier molecular flexibility index (Phi) is 7.53. The first-order chi connectivity index (χ1) is 9.19. The van der Waals surface area contributed by atoms with Crippen molar-refractivity contribution in [1.82, 2.24) is 5.32 Å². The van der Waals surface area contributed by atoms with Crippen LogP contribution in [-0.4, -0.2) is 30.9 Å². The van der Waals surface area contributed by atoms with E-state index in [9.17, 15) is 0 Å². The van der Waals surface area contributed by atoms with E-state index in [1.807, 2.05) is 12.1 Å². The largest absolute Gasteiger partial charge is 0.497 e. The summed E-state index contributed by atoms with van der Waals surface area (Å²) in [5, 5.41) is 12.6. The van der Waals surface area contributed by atoms with E-state index in [1.54, 1.807) is 7.11 Å². The van der Waals surface area contributed by atoms with Gasteiger partial charge in [0.1, 0.15) is 5.75 Å². The van der Waals surface area contributed by atoms with Gasteiger partial charge in [-0.3, -0.25) is 0 Å². The second-order valence-electron chi connectivity index (χ2n) is 5.07. The number of rotatable bonds is 9. The third-order valence-electron chi connectivity index (χ3n) is 3.52. The zero-order chi connectivity index (χ0) is 14.1. The van der Waals surface area contributed by atoms with Crippen LogP contribution in [0.3, 0.4) is 0 Å². The van der Waals surface area contributed by atoms with E-state index in [-0.39, 0.29) is 6.61 Å². The van der Waals surface area contributed by atoms with Crippen LogP contribution >= 0.6 is 0 Å². The van der Waals surface area contributed by atoms with E-state index < -0.39 is 0 Å². The molecular weight excluding hydrogens is 238 g/mol. The maximum atomic E-state index is 8.99. The number of aryl methyl sites for hydroxylation is 1. The Morgan fingerprint density at radius 3 is 2.42 bits per heavy atom. The number of hydrogen-bond acceptors (Lipinski definition) is 3. The quantitative estimate of drug-likeness (QED) is 0.721. The molecule has 0 fully saturated rings. The van der Waals surface area contributed by atoms with Crippen LogP contribution in [0.15, 0.2) is 24.3 Å². The van der Waals surface area contributed by atoms with Gasteiger partial charge >= 0.3 is 0 Å². The maximum absolute atomic E-state index is 8.99. The average molecular weight is 265 g/mol. The molecule has 0 aliphatic heterocycles. The van der Waals surface area contributed by atoms with Crippen LogP contribution in [0.1, 0.15) is 38.7 Å². The van der Waals surface area contributed by atoms with Crippen molar-refractivity contribution >= 4 is 0 Å². The van der Waals surface area contributed by atoms with Gasteiger partial charge in [-0.1, -0.05) is 19.1 Å². The predicted octanol–water partition coefficient (Wildman–Crippen LogP) is 2.77. The van der Waals surface area contributed by atoms with Gasteiger partial charge in [-0.05, 0) is 50.3 Å². The molecule has 2 atom stereocenters. The van der Waals surface area contributed by atoms with Gasteiger partial charge in [0.15, 0.2) is 0 Å². The molecule has 0 radical (unpaired) electrons. The normalized spacial score (nSPS) is 14.1. The highest BCUT2D eigenvalue weighted by Crippen LogP contribution is 2.13. The van der Waals surface area contributed by atoms with Crippen molar-refractivity contribution in [3.8, 4) is 5.75 Å². The van der Waals surface area contributed by atoms with E-state index in [4.69, 9.17) is 9.84 Å². The van der Waals surface area contributed by atoms with Crippen LogP contribution < -0.4 is 10.1 Å². The highest BCUT2D eigenvalue weighted by atomic mass is 16.5. The predicted molar refractivity (Wildman–Crippen MR) is 79.7 cm³/mol. The minimum absolute atomic E-state index is 0.261. The maximum Gasteiger partial charge on any atom is 0.118 e. The fraction of sp³-hybridized carbons (Fsp3) is 0.625. The molecule has 0 heterocycles. The number of ether oxygens (including phenoxy) is 1. The topological polar surface area (TPSA) is 41.5 Å². The third kappa shape index (κ3) is 6.08. The molecule has 1 rings (SSSR count). The van der Waals surface area contributed by atoms with Crippen molar-refractivity contribution in [3.63, 3.8) is 0 Å². The molecular formula is C16H27NO2. The van der Waals surface area contributed by atoms with Crippen molar-refractivity contribution < 1.29 is 9.84 Å². The molecule has 0 amide bonds. The Bertz CT molecular complexity index is 337. The Morgan fingerprint density at radius 2 is 1.89 bits per heavy atom. The van der Waals surface area contributed by atoms with Crippen molar-refractivity contribution in [2.75, 3.05) is 13.7 Å². The Labute approximate surface area is 117 Å². The van der Waals surface area contributed by atoms with Crippen molar-refractivity contribution in [1.29, 1.82) is 0 Å². The highest BCUT2D eigenvalue weighted by Gasteiger charge is 2.09. The summed E-state index contributed by atoms with van der Waals surface area (Å²) in [6.45, 7) is 4.63. The van der Waals surface area contributed by atoms with Crippen LogP contribution in [0.5, 0.6) is 5.75 Å². The summed E-state index contributed by atoms with van der Waals surface area (Å²) in [5.74, 6) is 0.906. The van der Waals surface area contributed by atoms with Gasteiger partial charge in [0.05, 0.1) is 7.11 Å². The van der Waals surface area contributed by atoms with Crippen LogP contribution in [-0.2, 0) is 6.42 Å². The molecule has 0 saturated heterocycles. The van der Waals surface area contributed by atoms with E-state index in [1.165, 1.54) is 5.56 Å². The molecule has 108 valence electrons. The second kappa shape index (κ2) is 8.94. The molecule has 0 spiro atoms. The number of nitrogens with one attached hydrogen (secondary N) is 1. The van der Waals surface area contributed by atoms with Crippen LogP contribution in [0.25, 0.3) is 0 Å². The Balaban J connectivity index is 2.33. The van der Waals surface area contributed by atoms with E-state index in [2.05, 4.69) is 31.3 Å². The highest BCUT2D eigenvalue weighted by molar-refractivity contribution is 5.27. The molecule has 2 unspecified atom stereocenters. The van der Waals surface area contributed by atoms with E-state index in [0.29, 0.717) is 12.1 Å². The molecule has 0 bridgehead atoms. The summed E-state index contributed by atoms with van der Waals surface area (Å²) in [5.41, 5.74) is 1.34. The third-order valence-corrected chi connectivity index (χ3v) is 3.52. The average Bonchev–Trinajstić information content (AvgIpc) is 2.45. The summed E-state index contributed by atoms with van der Waals surface area (Å²) in [7, 11) is 1.69. The summed E-state index contributed by atoms with van der Waals surface area (Å²) in [6.07, 6.45) is 4.07. The standard InChI is InChI=1S/C16H27NO2/c1-4-15(11-12-18)17-13(2)5-6-14-7-9-16(19-3)10-8-14/h7-10,13,15,17-18H,4-6,11-12H2,1-3H3. The lowest BCUT2D eigenvalue weighted by molar-refractivity contribution is 0.255. The van der Waals surface area contributed by atoms with Gasteiger partial charge in [0.2, 0.25) is 0 Å². The van der Waals surface area contributed by atoms with Gasteiger partial charge in [0, 0.05) is 18.7 Å². The number of aliphatic hydroxyl groups excluding tert-OH is 1. The van der Waals surface area contributed by atoms with Crippen molar-refractivity contribution in [2.45, 2.75) is 51.6 Å². The number of methoxy groups -OCH3 is 1. The lowest BCUT2D eigenvalue weighted by Crippen LogP contribution is -2.37. The summed E-state index contributed by atoms with van der Waals surface area (Å²) >= 11 is 0. The Morgan fingerprint density at radius 1 is 1.21 bits per heavy atom. The monoisotopic (exact) mass is 265 g/mol. The molecule has 0 aliphatic rings. The second-order valence-corrected chi connectivity index (χ2v) is 5.07. The first kappa shape index (κ1) is 16.0. The SMILES string of the molecule is CCC(CCO)NC(C)CCc1ccc(OC)cc1. The van der Waals surface area contributed by atoms with Gasteiger partial charge in [-0.15, -0.1) is 0 Å². The number of aliphatic hydroxyl groups is 1. The van der Waals surface area contributed by atoms with Crippen molar-refractivity contribution in [3.05, 3.63) is 29.8 Å². The molecule has 1 aromatic rings. The minimum atomic E-state index is 0.261. The van der Waals surface area contributed by atoms with E-state index in [0.717, 1.165) is 31.4 Å². The van der Waals surface area contributed by atoms with Gasteiger partial charge in [0.25, 0.3) is 0 Å². The zero-order valence-electron chi connectivity index (χ0n) is 12.4. The van der Waals surface area contributed by atoms with E-state index >= 15 is 0 Å². The molecule has 3 heteroatoms. The Hall–Kier alpha value is -1.06. The molecule has 1 aromatic carbocycles. The zero-order valence-corrected chi connectivity index (χ0v) is 12.4. The summed E-state index contributed by atoms with van der Waals surface area (Å²) < 4.78 is 5.15. The number of benzene rings is 1. The summed E-state index contributed by atoms with van der Waals surface area (Å²) in [4.78, 5) is 0. The lowest BCUT2D eigenvalue weighted by Gasteiger charge is -2.21. The number of hydrogen-bond donors (Lipinski definition) is 2. The molecule has 19 heavy (non-hydrogen) atoms. The molecule has 0 aliphatic carbocycles. The van der Waals surface area contributed by atoms with Gasteiger partial charge < -0.3 is 15.2 Å². The van der Waals surface area contributed by atoms with Gasteiger partial charge in [-0.25, -0.2) is 0 Å². The fourth-order valence-electron chi connectivity index (χ4n) is 2.22. The smallest absolute Gasteiger partial charge is 0.118 e.